The molecule has 1 aromatic heterocycles. The summed E-state index contributed by atoms with van der Waals surface area (Å²) in [6, 6.07) is 9.93. The average Bonchev–Trinajstić information content (AvgIpc) is 3.33. The molecule has 28 heavy (non-hydrogen) atoms. The van der Waals surface area contributed by atoms with Crippen molar-refractivity contribution in [1.82, 2.24) is 14.3 Å². The van der Waals surface area contributed by atoms with Crippen molar-refractivity contribution in [2.45, 2.75) is 56.5 Å². The van der Waals surface area contributed by atoms with E-state index in [2.05, 4.69) is 15.4 Å². The van der Waals surface area contributed by atoms with E-state index < -0.39 is 11.0 Å². The third-order valence-electron chi connectivity index (χ3n) is 5.68. The lowest BCUT2D eigenvalue weighted by Crippen LogP contribution is -2.40. The lowest BCUT2D eigenvalue weighted by Gasteiger charge is -2.32. The molecule has 6 nitrogen and oxygen atoms in total. The number of hydrogen-bond donors (Lipinski definition) is 1. The van der Waals surface area contributed by atoms with Crippen LogP contribution in [0.4, 0.5) is 0 Å². The molecule has 1 saturated carbocycles. The van der Waals surface area contributed by atoms with Gasteiger partial charge in [0.25, 0.3) is 5.91 Å². The van der Waals surface area contributed by atoms with Gasteiger partial charge < -0.3 is 10.0 Å². The molecule has 1 unspecified atom stereocenters. The number of amides is 1. The molecule has 2 aliphatic rings. The quantitative estimate of drug-likeness (QED) is 0.856. The highest BCUT2D eigenvalue weighted by Gasteiger charge is 2.47. The normalized spacial score (nSPS) is 21.2. The van der Waals surface area contributed by atoms with Gasteiger partial charge >= 0.3 is 0 Å². The van der Waals surface area contributed by atoms with Gasteiger partial charge in [0.1, 0.15) is 16.4 Å². The minimum Gasteiger partial charge on any atom is -0.383 e. The molecule has 2 heterocycles. The second-order valence-electron chi connectivity index (χ2n) is 8.35. The summed E-state index contributed by atoms with van der Waals surface area (Å²) in [6.07, 6.45) is 3.45. The van der Waals surface area contributed by atoms with Crippen LogP contribution in [-0.4, -0.2) is 38.4 Å². The Kier molecular flexibility index (Phi) is 4.72. The molecule has 1 N–H and O–H groups in total. The zero-order valence-corrected chi connectivity index (χ0v) is 17.0. The Morgan fingerprint density at radius 1 is 1.39 bits per heavy atom. The van der Waals surface area contributed by atoms with Gasteiger partial charge in [0, 0.05) is 24.6 Å². The highest BCUT2D eigenvalue weighted by atomic mass is 32.1. The number of carbonyl (C=O) groups excluding carboxylic acids is 1. The van der Waals surface area contributed by atoms with E-state index in [1.54, 1.807) is 13.8 Å². The molecular formula is C21H24N4O2S. The van der Waals surface area contributed by atoms with E-state index in [1.807, 2.05) is 29.2 Å². The van der Waals surface area contributed by atoms with Gasteiger partial charge in [-0.3, -0.25) is 4.79 Å². The summed E-state index contributed by atoms with van der Waals surface area (Å²) in [7, 11) is 0. The van der Waals surface area contributed by atoms with E-state index in [1.165, 1.54) is 11.5 Å². The zero-order valence-electron chi connectivity index (χ0n) is 16.2. The molecular weight excluding hydrogens is 372 g/mol. The Labute approximate surface area is 169 Å². The van der Waals surface area contributed by atoms with Crippen LogP contribution in [0.3, 0.4) is 0 Å². The summed E-state index contributed by atoms with van der Waals surface area (Å²) in [5.41, 5.74) is 0.0142. The number of aliphatic hydroxyl groups is 1. The van der Waals surface area contributed by atoms with Crippen LogP contribution in [0, 0.1) is 11.3 Å². The van der Waals surface area contributed by atoms with Gasteiger partial charge in [0.05, 0.1) is 11.5 Å². The molecule has 1 atom stereocenters. The van der Waals surface area contributed by atoms with Crippen LogP contribution < -0.4 is 0 Å². The minimum atomic E-state index is -1.01. The van der Waals surface area contributed by atoms with E-state index >= 15 is 0 Å². The molecule has 1 aliphatic carbocycles. The predicted octanol–water partition coefficient (Wildman–Crippen LogP) is 3.34. The fourth-order valence-corrected chi connectivity index (χ4v) is 4.57. The van der Waals surface area contributed by atoms with E-state index in [4.69, 9.17) is 0 Å². The molecule has 7 heteroatoms. The van der Waals surface area contributed by atoms with Crippen LogP contribution in [0.1, 0.15) is 72.2 Å². The van der Waals surface area contributed by atoms with Crippen LogP contribution >= 0.6 is 11.5 Å². The number of nitrogens with zero attached hydrogens (tertiary/aromatic N) is 4. The molecule has 0 bridgehead atoms. The Morgan fingerprint density at radius 3 is 2.79 bits per heavy atom. The van der Waals surface area contributed by atoms with Gasteiger partial charge in [-0.25, -0.2) is 4.98 Å². The summed E-state index contributed by atoms with van der Waals surface area (Å²) in [5.74, 6) is 0.770. The molecule has 2 fully saturated rings. The largest absolute Gasteiger partial charge is 0.383 e. The maximum Gasteiger partial charge on any atom is 0.254 e. The fourth-order valence-electron chi connectivity index (χ4n) is 3.85. The third kappa shape index (κ3) is 3.43. The van der Waals surface area contributed by atoms with Gasteiger partial charge in [-0.15, -0.1) is 0 Å². The van der Waals surface area contributed by atoms with Crippen molar-refractivity contribution in [3.05, 3.63) is 46.2 Å². The standard InChI is InChI=1S/C21H24N4O2S/c1-20(2,27)19-23-17(24-28-19)14-6-5-11-25(12-14)18(26)15-7-3-4-8-16(15)21(13-22)9-10-21/h3-4,7-8,14,27H,5-6,9-12H2,1-2H3. The minimum absolute atomic E-state index is 0.0141. The smallest absolute Gasteiger partial charge is 0.254 e. The maximum absolute atomic E-state index is 13.3. The summed E-state index contributed by atoms with van der Waals surface area (Å²) in [5, 5.41) is 20.3. The van der Waals surface area contributed by atoms with Crippen molar-refractivity contribution >= 4 is 17.4 Å². The summed E-state index contributed by atoms with van der Waals surface area (Å²) in [4.78, 5) is 19.7. The molecule has 1 aliphatic heterocycles. The molecule has 1 amide bonds. The van der Waals surface area contributed by atoms with E-state index in [0.717, 1.165) is 31.2 Å². The van der Waals surface area contributed by atoms with Crippen molar-refractivity contribution in [3.8, 4) is 6.07 Å². The van der Waals surface area contributed by atoms with Crippen LogP contribution in [0.15, 0.2) is 24.3 Å². The first kappa shape index (κ1) is 19.0. The lowest BCUT2D eigenvalue weighted by molar-refractivity contribution is 0.0697. The SMILES string of the molecule is CC(C)(O)c1nc(C2CCCN(C(=O)c3ccccc3C3(C#N)CC3)C2)ns1. The number of likely N-dealkylation sites (tertiary alicyclic amines) is 1. The van der Waals surface area contributed by atoms with Crippen LogP contribution in [0.2, 0.25) is 0 Å². The molecule has 1 saturated heterocycles. The molecule has 4 rings (SSSR count). The van der Waals surface area contributed by atoms with Crippen molar-refractivity contribution in [2.75, 3.05) is 13.1 Å². The Bertz CT molecular complexity index is 936. The van der Waals surface area contributed by atoms with E-state index in [0.29, 0.717) is 29.5 Å². The number of benzene rings is 1. The molecule has 0 spiro atoms. The summed E-state index contributed by atoms with van der Waals surface area (Å²) < 4.78 is 4.44. The Hall–Kier alpha value is -2.30. The van der Waals surface area contributed by atoms with Crippen LogP contribution in [-0.2, 0) is 11.0 Å². The molecule has 0 radical (unpaired) electrons. The van der Waals surface area contributed by atoms with Gasteiger partial charge in [0.15, 0.2) is 0 Å². The van der Waals surface area contributed by atoms with Crippen molar-refractivity contribution in [1.29, 1.82) is 5.26 Å². The molecule has 2 aromatic rings. The fraction of sp³-hybridized carbons (Fsp3) is 0.524. The topological polar surface area (TPSA) is 90.1 Å². The number of nitriles is 1. The first-order chi connectivity index (χ1) is 13.3. The molecule has 146 valence electrons. The summed E-state index contributed by atoms with van der Waals surface area (Å²) >= 11 is 1.22. The van der Waals surface area contributed by atoms with Gasteiger partial charge in [0.2, 0.25) is 0 Å². The maximum atomic E-state index is 13.3. The van der Waals surface area contributed by atoms with Crippen molar-refractivity contribution in [3.63, 3.8) is 0 Å². The zero-order chi connectivity index (χ0) is 19.9. The highest BCUT2D eigenvalue weighted by Crippen LogP contribution is 2.49. The van der Waals surface area contributed by atoms with Gasteiger partial charge in [-0.05, 0) is 62.7 Å². The first-order valence-electron chi connectivity index (χ1n) is 9.70. The molecule has 1 aromatic carbocycles. The highest BCUT2D eigenvalue weighted by molar-refractivity contribution is 7.05. The van der Waals surface area contributed by atoms with Crippen LogP contribution in [0.25, 0.3) is 0 Å². The Morgan fingerprint density at radius 2 is 2.14 bits per heavy atom. The monoisotopic (exact) mass is 396 g/mol. The van der Waals surface area contributed by atoms with Gasteiger partial charge in [-0.1, -0.05) is 18.2 Å². The second kappa shape index (κ2) is 6.94. The Balaban J connectivity index is 1.55. The second-order valence-corrected chi connectivity index (χ2v) is 9.10. The lowest BCUT2D eigenvalue weighted by atomic mass is 9.90. The summed E-state index contributed by atoms with van der Waals surface area (Å²) in [6.45, 7) is 4.67. The van der Waals surface area contributed by atoms with Crippen LogP contribution in [0.5, 0.6) is 0 Å². The number of aromatic nitrogens is 2. The number of carbonyl (C=O) groups is 1. The van der Waals surface area contributed by atoms with Crippen molar-refractivity contribution in [2.24, 2.45) is 0 Å². The van der Waals surface area contributed by atoms with Crippen molar-refractivity contribution < 1.29 is 9.90 Å². The van der Waals surface area contributed by atoms with E-state index in [9.17, 15) is 15.2 Å². The average molecular weight is 397 g/mol. The van der Waals surface area contributed by atoms with E-state index in [-0.39, 0.29) is 11.8 Å². The first-order valence-corrected chi connectivity index (χ1v) is 10.5. The number of hydrogen-bond acceptors (Lipinski definition) is 6. The van der Waals surface area contributed by atoms with Gasteiger partial charge in [-0.2, -0.15) is 9.64 Å². The predicted molar refractivity (Wildman–Crippen MR) is 106 cm³/mol. The number of rotatable bonds is 4. The number of piperidine rings is 1. The third-order valence-corrected chi connectivity index (χ3v) is 6.72.